The fourth-order valence-electron chi connectivity index (χ4n) is 5.94. The van der Waals surface area contributed by atoms with Crippen LogP contribution in [0.4, 0.5) is 11.4 Å². The Morgan fingerprint density at radius 2 is 0.912 bits per heavy atom. The number of hydrogen-bond donors (Lipinski definition) is 0. The first-order valence-corrected chi connectivity index (χ1v) is 12.1. The van der Waals surface area contributed by atoms with Crippen LogP contribution in [-0.4, -0.2) is 6.04 Å². The second kappa shape index (κ2) is 7.20. The quantitative estimate of drug-likeness (QED) is 0.197. The lowest BCUT2D eigenvalue weighted by Gasteiger charge is -2.32. The van der Waals surface area contributed by atoms with Gasteiger partial charge in [0.2, 0.25) is 0 Å². The van der Waals surface area contributed by atoms with Gasteiger partial charge >= 0.3 is 0 Å². The van der Waals surface area contributed by atoms with E-state index in [1.54, 1.807) is 0 Å². The van der Waals surface area contributed by atoms with E-state index >= 15 is 0 Å². The third kappa shape index (κ3) is 2.61. The molecule has 0 fully saturated rings. The Morgan fingerprint density at radius 3 is 1.68 bits per heavy atom. The Hall–Kier alpha value is -4.10. The Morgan fingerprint density at radius 1 is 0.412 bits per heavy atom. The maximum Gasteiger partial charge on any atom is 0.0493 e. The van der Waals surface area contributed by atoms with Crippen molar-refractivity contribution in [2.45, 2.75) is 19.9 Å². The smallest absolute Gasteiger partial charge is 0.0493 e. The normalized spacial score (nSPS) is 12.1. The van der Waals surface area contributed by atoms with Crippen LogP contribution in [0.2, 0.25) is 0 Å². The van der Waals surface area contributed by atoms with Gasteiger partial charge in [-0.3, -0.25) is 0 Å². The van der Waals surface area contributed by atoms with E-state index in [2.05, 4.69) is 128 Å². The number of hydrogen-bond acceptors (Lipinski definition) is 1. The van der Waals surface area contributed by atoms with Gasteiger partial charge in [0.25, 0.3) is 0 Å². The van der Waals surface area contributed by atoms with E-state index in [0.717, 1.165) is 0 Å². The fourth-order valence-corrected chi connectivity index (χ4v) is 5.94. The number of rotatable bonds is 3. The molecule has 0 aliphatic carbocycles. The summed E-state index contributed by atoms with van der Waals surface area (Å²) in [5.74, 6) is 0. The summed E-state index contributed by atoms with van der Waals surface area (Å²) < 4.78 is 0. The zero-order valence-corrected chi connectivity index (χ0v) is 19.4. The summed E-state index contributed by atoms with van der Waals surface area (Å²) in [6, 6.07) is 40.5. The SMILES string of the molecule is CC(C)N(c1cccc2ccccc12)c1ccc2c3cccc4cccc(c5cccc1c52)c43. The molecule has 1 nitrogen and oxygen atoms in total. The van der Waals surface area contributed by atoms with Gasteiger partial charge in [-0.15, -0.1) is 0 Å². The van der Waals surface area contributed by atoms with Crippen molar-refractivity contribution >= 4 is 65.2 Å². The first kappa shape index (κ1) is 19.4. The van der Waals surface area contributed by atoms with E-state index in [1.807, 2.05) is 0 Å². The van der Waals surface area contributed by atoms with Crippen LogP contribution in [-0.2, 0) is 0 Å². The standard InChI is InChI=1S/C33H25N/c1-21(2)34(30-18-7-10-22-9-3-4-13-24(22)30)31-20-19-28-26-15-6-12-23-11-5-14-25(32(23)26)27-16-8-17-29(31)33(27)28/h3-21H,1-2H3. The van der Waals surface area contributed by atoms with Crippen molar-refractivity contribution in [1.29, 1.82) is 0 Å². The molecule has 0 amide bonds. The summed E-state index contributed by atoms with van der Waals surface area (Å²) in [5.41, 5.74) is 2.52. The number of nitrogens with zero attached hydrogens (tertiary/aromatic N) is 1. The van der Waals surface area contributed by atoms with Gasteiger partial charge in [-0.05, 0) is 69.1 Å². The molecule has 7 rings (SSSR count). The third-order valence-corrected chi connectivity index (χ3v) is 7.30. The Labute approximate surface area is 199 Å². The molecule has 0 aromatic heterocycles. The second-order valence-electron chi connectivity index (χ2n) is 9.53. The van der Waals surface area contributed by atoms with Crippen LogP contribution in [0.1, 0.15) is 13.8 Å². The molecular formula is C33H25N. The first-order valence-electron chi connectivity index (χ1n) is 12.1. The summed E-state index contributed by atoms with van der Waals surface area (Å²) >= 11 is 0. The molecule has 0 atom stereocenters. The highest BCUT2D eigenvalue weighted by Crippen LogP contribution is 2.45. The van der Waals surface area contributed by atoms with Crippen LogP contribution < -0.4 is 4.90 Å². The van der Waals surface area contributed by atoms with Gasteiger partial charge in [0.1, 0.15) is 0 Å². The van der Waals surface area contributed by atoms with Crippen molar-refractivity contribution < 1.29 is 0 Å². The van der Waals surface area contributed by atoms with Gasteiger partial charge < -0.3 is 4.90 Å². The Kier molecular flexibility index (Phi) is 4.10. The minimum Gasteiger partial charge on any atom is -0.338 e. The lowest BCUT2D eigenvalue weighted by Crippen LogP contribution is -2.25. The zero-order valence-electron chi connectivity index (χ0n) is 19.4. The van der Waals surface area contributed by atoms with Crippen molar-refractivity contribution in [2.75, 3.05) is 4.90 Å². The molecule has 0 heterocycles. The Bertz CT molecular complexity index is 1790. The molecule has 0 aliphatic rings. The maximum atomic E-state index is 2.51. The molecule has 0 saturated heterocycles. The van der Waals surface area contributed by atoms with Crippen molar-refractivity contribution in [2.24, 2.45) is 0 Å². The molecule has 0 bridgehead atoms. The van der Waals surface area contributed by atoms with Crippen molar-refractivity contribution in [1.82, 2.24) is 0 Å². The van der Waals surface area contributed by atoms with Gasteiger partial charge in [0, 0.05) is 28.2 Å². The molecule has 0 unspecified atom stereocenters. The van der Waals surface area contributed by atoms with E-state index in [1.165, 1.54) is 65.2 Å². The zero-order chi connectivity index (χ0) is 22.8. The lowest BCUT2D eigenvalue weighted by atomic mass is 9.89. The van der Waals surface area contributed by atoms with Crippen LogP contribution in [0.15, 0.2) is 109 Å². The van der Waals surface area contributed by atoms with Crippen molar-refractivity contribution in [3.8, 4) is 0 Å². The number of fused-ring (bicyclic) bond motifs is 3. The van der Waals surface area contributed by atoms with Crippen LogP contribution in [0, 0.1) is 0 Å². The topological polar surface area (TPSA) is 3.24 Å². The summed E-state index contributed by atoms with van der Waals surface area (Å²) in [6.45, 7) is 4.57. The van der Waals surface area contributed by atoms with Crippen molar-refractivity contribution in [3.05, 3.63) is 109 Å². The van der Waals surface area contributed by atoms with Crippen LogP contribution >= 0.6 is 0 Å². The Balaban J connectivity index is 1.62. The van der Waals surface area contributed by atoms with E-state index in [-0.39, 0.29) is 0 Å². The molecule has 7 aromatic rings. The van der Waals surface area contributed by atoms with Gasteiger partial charge in [-0.2, -0.15) is 0 Å². The first-order chi connectivity index (χ1) is 16.7. The van der Waals surface area contributed by atoms with Crippen molar-refractivity contribution in [3.63, 3.8) is 0 Å². The van der Waals surface area contributed by atoms with Crippen LogP contribution in [0.5, 0.6) is 0 Å². The molecule has 0 N–H and O–H groups in total. The van der Waals surface area contributed by atoms with Gasteiger partial charge in [-0.1, -0.05) is 97.1 Å². The number of anilines is 2. The predicted octanol–water partition coefficient (Wildman–Crippen LogP) is 9.44. The van der Waals surface area contributed by atoms with E-state index < -0.39 is 0 Å². The molecule has 7 aromatic carbocycles. The molecule has 1 heteroatoms. The largest absolute Gasteiger partial charge is 0.338 e. The van der Waals surface area contributed by atoms with E-state index in [4.69, 9.17) is 0 Å². The third-order valence-electron chi connectivity index (χ3n) is 7.30. The maximum absolute atomic E-state index is 2.51. The van der Waals surface area contributed by atoms with Gasteiger partial charge in [0.15, 0.2) is 0 Å². The van der Waals surface area contributed by atoms with E-state index in [9.17, 15) is 0 Å². The molecule has 162 valence electrons. The molecule has 0 aliphatic heterocycles. The highest BCUT2D eigenvalue weighted by Gasteiger charge is 2.21. The molecule has 0 spiro atoms. The minimum absolute atomic E-state index is 0.308. The summed E-state index contributed by atoms with van der Waals surface area (Å²) in [5, 5.41) is 13.2. The minimum atomic E-state index is 0.308. The lowest BCUT2D eigenvalue weighted by molar-refractivity contribution is 0.794. The monoisotopic (exact) mass is 435 g/mol. The van der Waals surface area contributed by atoms with Gasteiger partial charge in [-0.25, -0.2) is 0 Å². The highest BCUT2D eigenvalue weighted by atomic mass is 15.2. The predicted molar refractivity (Wildman–Crippen MR) is 149 cm³/mol. The summed E-state index contributed by atoms with van der Waals surface area (Å²) in [7, 11) is 0. The average Bonchev–Trinajstić information content (AvgIpc) is 2.88. The summed E-state index contributed by atoms with van der Waals surface area (Å²) in [4.78, 5) is 2.51. The van der Waals surface area contributed by atoms with Crippen LogP contribution in [0.3, 0.4) is 0 Å². The molecular weight excluding hydrogens is 410 g/mol. The van der Waals surface area contributed by atoms with Crippen LogP contribution in [0.25, 0.3) is 53.9 Å². The summed E-state index contributed by atoms with van der Waals surface area (Å²) in [6.07, 6.45) is 0. The fraction of sp³-hybridized carbons (Fsp3) is 0.0909. The molecule has 34 heavy (non-hydrogen) atoms. The molecule has 0 radical (unpaired) electrons. The highest BCUT2D eigenvalue weighted by molar-refractivity contribution is 6.34. The molecule has 0 saturated carbocycles. The van der Waals surface area contributed by atoms with Gasteiger partial charge in [0.05, 0.1) is 0 Å². The van der Waals surface area contributed by atoms with E-state index in [0.29, 0.717) is 6.04 Å². The number of benzene rings is 7. The average molecular weight is 436 g/mol. The second-order valence-corrected chi connectivity index (χ2v) is 9.53.